The summed E-state index contributed by atoms with van der Waals surface area (Å²) in [6, 6.07) is 11.6. The molecule has 0 saturated heterocycles. The van der Waals surface area contributed by atoms with Crippen LogP contribution in [0.3, 0.4) is 0 Å². The number of rotatable bonds is 3. The number of carboxylic acid groups (broad SMARTS) is 1. The second-order valence-electron chi connectivity index (χ2n) is 4.09. The van der Waals surface area contributed by atoms with E-state index in [1.54, 1.807) is 12.4 Å². The van der Waals surface area contributed by atoms with Gasteiger partial charge in [-0.05, 0) is 0 Å². The van der Waals surface area contributed by atoms with Gasteiger partial charge in [-0.15, -0.1) is 0 Å². The second kappa shape index (κ2) is 4.90. The molecule has 0 spiro atoms. The molecule has 0 aliphatic rings. The summed E-state index contributed by atoms with van der Waals surface area (Å²) in [6.45, 7) is 0. The van der Waals surface area contributed by atoms with Crippen LogP contribution in [-0.2, 0) is 0 Å². The van der Waals surface area contributed by atoms with Crippen LogP contribution in [0.4, 0.5) is 0 Å². The topological polar surface area (TPSA) is 66.0 Å². The fourth-order valence-electron chi connectivity index (χ4n) is 2.01. The Hall–Kier alpha value is -2.06. The molecule has 1 unspecified atom stereocenters. The third-order valence-electron chi connectivity index (χ3n) is 2.87. The van der Waals surface area contributed by atoms with Crippen molar-refractivity contribution in [3.05, 3.63) is 54.5 Å². The Kier molecular flexibility index (Phi) is 3.09. The van der Waals surface area contributed by atoms with Crippen LogP contribution in [0.15, 0.2) is 48.8 Å². The molecule has 0 bridgehead atoms. The summed E-state index contributed by atoms with van der Waals surface area (Å²) in [5.74, 6) is -0.899. The fourth-order valence-corrected chi connectivity index (χ4v) is 4.64. The molecule has 2 aromatic heterocycles. The molecule has 19 heavy (non-hydrogen) atoms. The standard InChI is InChI=1S/C14H11AsN2O2/c18-14(19)13-12(15-9-5-7-16-8-6-9)10-3-1-2-4-11(10)17-13/h1-8,15,17H,(H,18,19). The quantitative estimate of drug-likeness (QED) is 0.698. The zero-order chi connectivity index (χ0) is 13.2. The van der Waals surface area contributed by atoms with Gasteiger partial charge in [-0.1, -0.05) is 0 Å². The van der Waals surface area contributed by atoms with Gasteiger partial charge in [0, 0.05) is 0 Å². The van der Waals surface area contributed by atoms with Crippen molar-refractivity contribution in [2.24, 2.45) is 0 Å². The van der Waals surface area contributed by atoms with E-state index >= 15 is 0 Å². The van der Waals surface area contributed by atoms with E-state index in [2.05, 4.69) is 9.97 Å². The van der Waals surface area contributed by atoms with E-state index in [1.807, 2.05) is 36.4 Å². The van der Waals surface area contributed by atoms with E-state index in [0.717, 1.165) is 15.3 Å². The second-order valence-corrected chi connectivity index (χ2v) is 6.87. The predicted octanol–water partition coefficient (Wildman–Crippen LogP) is 0.648. The Labute approximate surface area is 116 Å². The molecule has 0 aliphatic carbocycles. The molecule has 0 amide bonds. The minimum atomic E-state index is -0.899. The van der Waals surface area contributed by atoms with Gasteiger partial charge in [0.05, 0.1) is 0 Å². The van der Waals surface area contributed by atoms with E-state index in [-0.39, 0.29) is 0 Å². The van der Waals surface area contributed by atoms with E-state index < -0.39 is 21.7 Å². The maximum absolute atomic E-state index is 11.4. The van der Waals surface area contributed by atoms with Crippen molar-refractivity contribution in [2.45, 2.75) is 0 Å². The number of H-pyrrole nitrogens is 1. The van der Waals surface area contributed by atoms with Gasteiger partial charge in [0.1, 0.15) is 0 Å². The SMILES string of the molecule is O=C(O)c1[nH]c2ccccc2c1[AsH]c1ccncc1. The average molecular weight is 314 g/mol. The van der Waals surface area contributed by atoms with Crippen LogP contribution in [0.1, 0.15) is 10.5 Å². The van der Waals surface area contributed by atoms with E-state index in [0.29, 0.717) is 5.69 Å². The Morgan fingerprint density at radius 3 is 2.63 bits per heavy atom. The Morgan fingerprint density at radius 1 is 1.16 bits per heavy atom. The van der Waals surface area contributed by atoms with Crippen molar-refractivity contribution in [3.8, 4) is 0 Å². The van der Waals surface area contributed by atoms with Crippen LogP contribution in [0, 0.1) is 0 Å². The number of fused-ring (bicyclic) bond motifs is 1. The van der Waals surface area contributed by atoms with Crippen molar-refractivity contribution < 1.29 is 9.90 Å². The molecule has 2 heterocycles. The number of hydrogen-bond acceptors (Lipinski definition) is 2. The Morgan fingerprint density at radius 2 is 1.89 bits per heavy atom. The summed E-state index contributed by atoms with van der Waals surface area (Å²) < 4.78 is 2.11. The number of para-hydroxylation sites is 1. The van der Waals surface area contributed by atoms with E-state index in [9.17, 15) is 9.90 Å². The Bertz CT molecular complexity index is 738. The van der Waals surface area contributed by atoms with Crippen molar-refractivity contribution in [1.29, 1.82) is 0 Å². The van der Waals surface area contributed by atoms with Crippen molar-refractivity contribution >= 4 is 41.3 Å². The molecule has 3 aromatic rings. The summed E-state index contributed by atoms with van der Waals surface area (Å²) in [6.07, 6.45) is 3.49. The predicted molar refractivity (Wildman–Crippen MR) is 75.9 cm³/mol. The van der Waals surface area contributed by atoms with Crippen LogP contribution in [0.25, 0.3) is 10.9 Å². The van der Waals surface area contributed by atoms with E-state index in [4.69, 9.17) is 0 Å². The van der Waals surface area contributed by atoms with Gasteiger partial charge >= 0.3 is 116 Å². The van der Waals surface area contributed by atoms with Gasteiger partial charge in [-0.25, -0.2) is 0 Å². The minimum absolute atomic E-state index is 0.318. The molecule has 0 aliphatic heterocycles. The number of hydrogen-bond donors (Lipinski definition) is 2. The zero-order valence-electron chi connectivity index (χ0n) is 9.92. The van der Waals surface area contributed by atoms with Crippen LogP contribution in [0.5, 0.6) is 0 Å². The molecule has 4 nitrogen and oxygen atoms in total. The summed E-state index contributed by atoms with van der Waals surface area (Å²) in [4.78, 5) is 18.3. The van der Waals surface area contributed by atoms with Crippen LogP contribution < -0.4 is 8.70 Å². The number of aromatic amines is 1. The number of pyridine rings is 1. The van der Waals surface area contributed by atoms with Gasteiger partial charge in [0.2, 0.25) is 0 Å². The molecule has 0 fully saturated rings. The number of carboxylic acids is 1. The van der Waals surface area contributed by atoms with Crippen LogP contribution in [-0.4, -0.2) is 36.8 Å². The third kappa shape index (κ3) is 2.27. The van der Waals surface area contributed by atoms with Gasteiger partial charge in [-0.3, -0.25) is 0 Å². The maximum atomic E-state index is 11.4. The molecule has 0 radical (unpaired) electrons. The summed E-state index contributed by atoms with van der Waals surface area (Å²) in [7, 11) is 0. The van der Waals surface area contributed by atoms with Crippen molar-refractivity contribution in [3.63, 3.8) is 0 Å². The number of nitrogens with zero attached hydrogens (tertiary/aromatic N) is 1. The number of nitrogens with one attached hydrogen (secondary N) is 1. The molecular formula is C14H11AsN2O2. The summed E-state index contributed by atoms with van der Waals surface area (Å²) in [5, 5.41) is 10.3. The summed E-state index contributed by atoms with van der Waals surface area (Å²) >= 11 is -0.696. The fraction of sp³-hybridized carbons (Fsp3) is 0. The molecule has 2 N–H and O–H groups in total. The molecule has 0 saturated carbocycles. The third-order valence-corrected chi connectivity index (χ3v) is 5.79. The number of carbonyl (C=O) groups is 1. The number of aromatic carboxylic acids is 1. The average Bonchev–Trinajstić information content (AvgIpc) is 2.79. The first kappa shape index (κ1) is 12.0. The van der Waals surface area contributed by atoms with Gasteiger partial charge in [0.15, 0.2) is 0 Å². The molecular weight excluding hydrogens is 303 g/mol. The van der Waals surface area contributed by atoms with Crippen molar-refractivity contribution in [1.82, 2.24) is 9.97 Å². The molecule has 5 heteroatoms. The molecule has 94 valence electrons. The number of benzene rings is 1. The van der Waals surface area contributed by atoms with Gasteiger partial charge in [0.25, 0.3) is 0 Å². The van der Waals surface area contributed by atoms with Gasteiger partial charge in [-0.2, -0.15) is 0 Å². The first-order valence-corrected chi connectivity index (χ1v) is 7.86. The van der Waals surface area contributed by atoms with Gasteiger partial charge < -0.3 is 0 Å². The molecule has 1 aromatic carbocycles. The van der Waals surface area contributed by atoms with Crippen LogP contribution in [0.2, 0.25) is 0 Å². The normalized spacial score (nSPS) is 11.4. The van der Waals surface area contributed by atoms with Crippen molar-refractivity contribution in [2.75, 3.05) is 0 Å². The first-order valence-electron chi connectivity index (χ1n) is 5.77. The zero-order valence-corrected chi connectivity index (χ0v) is 12.0. The Balaban J connectivity index is 2.15. The van der Waals surface area contributed by atoms with E-state index in [1.165, 1.54) is 4.35 Å². The van der Waals surface area contributed by atoms with Crippen LogP contribution >= 0.6 is 0 Å². The molecule has 1 atom stereocenters. The summed E-state index contributed by atoms with van der Waals surface area (Å²) in [5.41, 5.74) is 1.20. The number of aromatic nitrogens is 2. The first-order chi connectivity index (χ1) is 9.25. The molecule has 3 rings (SSSR count). The monoisotopic (exact) mass is 314 g/mol.